The molecule has 1 aromatic carbocycles. The first-order chi connectivity index (χ1) is 13.2. The van der Waals surface area contributed by atoms with Crippen LogP contribution < -0.4 is 0 Å². The van der Waals surface area contributed by atoms with Crippen molar-refractivity contribution in [1.82, 2.24) is 0 Å². The minimum Gasteiger partial charge on any atom is -0.508 e. The summed E-state index contributed by atoms with van der Waals surface area (Å²) in [6.07, 6.45) is 1.29. The fraction of sp³-hybridized carbons (Fsp3) is 0.786. The number of aromatic hydroxyl groups is 1. The normalized spacial score (nSPS) is 25.2. The van der Waals surface area contributed by atoms with E-state index in [4.69, 9.17) is 0 Å². The van der Waals surface area contributed by atoms with Gasteiger partial charge >= 0.3 is 0 Å². The van der Waals surface area contributed by atoms with Crippen molar-refractivity contribution in [3.8, 4) is 5.75 Å². The first-order valence-corrected chi connectivity index (χ1v) is 11.7. The summed E-state index contributed by atoms with van der Waals surface area (Å²) in [6, 6.07) is 7.64. The molecule has 0 aliphatic heterocycles. The Hall–Kier alpha value is -1.02. The van der Waals surface area contributed by atoms with Gasteiger partial charge in [-0.3, -0.25) is 0 Å². The summed E-state index contributed by atoms with van der Waals surface area (Å²) in [7, 11) is 0. The Morgan fingerprint density at radius 1 is 0.733 bits per heavy atom. The average molecular weight is 417 g/mol. The summed E-state index contributed by atoms with van der Waals surface area (Å²) in [5.74, 6) is 0.189. The maximum Gasteiger partial charge on any atom is 0.119 e. The zero-order valence-corrected chi connectivity index (χ0v) is 21.8. The molecule has 2 nitrogen and oxygen atoms in total. The molecule has 30 heavy (non-hydrogen) atoms. The highest BCUT2D eigenvalue weighted by Crippen LogP contribution is 2.72. The number of phenols is 1. The second kappa shape index (κ2) is 7.26. The molecule has 1 aliphatic rings. The van der Waals surface area contributed by atoms with Gasteiger partial charge in [0.25, 0.3) is 0 Å². The van der Waals surface area contributed by atoms with E-state index in [0.29, 0.717) is 5.75 Å². The Kier molecular flexibility index (Phi) is 6.11. The summed E-state index contributed by atoms with van der Waals surface area (Å²) >= 11 is 0. The monoisotopic (exact) mass is 416 g/mol. The number of aliphatic hydroxyl groups is 1. The Balaban J connectivity index is 2.96. The Morgan fingerprint density at radius 2 is 1.17 bits per heavy atom. The molecule has 0 saturated heterocycles. The predicted octanol–water partition coefficient (Wildman–Crippen LogP) is 7.79. The van der Waals surface area contributed by atoms with Gasteiger partial charge in [0.05, 0.1) is 6.10 Å². The molecule has 2 unspecified atom stereocenters. The van der Waals surface area contributed by atoms with Gasteiger partial charge in [0.2, 0.25) is 0 Å². The number of para-hydroxylation sites is 1. The van der Waals surface area contributed by atoms with Gasteiger partial charge in [-0.2, -0.15) is 0 Å². The minimum absolute atomic E-state index is 0.0211. The van der Waals surface area contributed by atoms with Crippen molar-refractivity contribution in [2.24, 2.45) is 32.5 Å². The van der Waals surface area contributed by atoms with Crippen LogP contribution in [0, 0.1) is 32.5 Å². The van der Waals surface area contributed by atoms with Crippen molar-refractivity contribution in [3.05, 3.63) is 29.8 Å². The first-order valence-electron chi connectivity index (χ1n) is 11.7. The molecule has 172 valence electrons. The molecule has 0 heterocycles. The highest BCUT2D eigenvalue weighted by molar-refractivity contribution is 5.38. The first kappa shape index (κ1) is 25.2. The predicted molar refractivity (Wildman–Crippen MR) is 129 cm³/mol. The van der Waals surface area contributed by atoms with Crippen molar-refractivity contribution >= 4 is 0 Å². The Labute approximate surface area is 186 Å². The lowest BCUT2D eigenvalue weighted by Crippen LogP contribution is -2.65. The molecule has 2 atom stereocenters. The fourth-order valence-electron chi connectivity index (χ4n) is 7.37. The van der Waals surface area contributed by atoms with Crippen LogP contribution in [-0.4, -0.2) is 16.3 Å². The average Bonchev–Trinajstić information content (AvgIpc) is 2.51. The van der Waals surface area contributed by atoms with Gasteiger partial charge in [-0.05, 0) is 51.5 Å². The molecule has 0 spiro atoms. The van der Waals surface area contributed by atoms with E-state index in [1.165, 1.54) is 0 Å². The van der Waals surface area contributed by atoms with Crippen LogP contribution in [-0.2, 0) is 0 Å². The molecule has 1 aromatic rings. The summed E-state index contributed by atoms with van der Waals surface area (Å²) in [5.41, 5.74) is 0.384. The number of aliphatic hydroxyl groups excluding tert-OH is 1. The molecule has 0 bridgehead atoms. The van der Waals surface area contributed by atoms with Crippen molar-refractivity contribution in [2.45, 2.75) is 108 Å². The third-order valence-corrected chi connectivity index (χ3v) is 8.92. The number of hydrogen-bond acceptors (Lipinski definition) is 2. The molecule has 0 aromatic heterocycles. The minimum atomic E-state index is -0.538. The van der Waals surface area contributed by atoms with Crippen LogP contribution >= 0.6 is 0 Å². The van der Waals surface area contributed by atoms with Gasteiger partial charge in [0.1, 0.15) is 5.75 Å². The van der Waals surface area contributed by atoms with Crippen LogP contribution in [0.5, 0.6) is 5.75 Å². The smallest absolute Gasteiger partial charge is 0.119 e. The standard InChI is InChI=1S/C28H48O2/c1-23(2,3)27(24(4,5)6)17-20(19-15-13-14-16-21(19)29)22(30)28(18-27,25(7,8)9)26(10,11)12/h13-16,20,22,29-30H,17-18H2,1-12H3. The van der Waals surface area contributed by atoms with Crippen LogP contribution in [0.25, 0.3) is 0 Å². The van der Waals surface area contributed by atoms with Crippen LogP contribution in [0.3, 0.4) is 0 Å². The number of benzene rings is 1. The van der Waals surface area contributed by atoms with E-state index in [1.807, 2.05) is 18.2 Å². The maximum absolute atomic E-state index is 12.2. The van der Waals surface area contributed by atoms with Crippen LogP contribution in [0.4, 0.5) is 0 Å². The zero-order valence-electron chi connectivity index (χ0n) is 21.8. The molecule has 2 rings (SSSR count). The molecule has 1 fully saturated rings. The molecule has 2 heteroatoms. The van der Waals surface area contributed by atoms with Gasteiger partial charge < -0.3 is 10.2 Å². The van der Waals surface area contributed by atoms with E-state index in [-0.39, 0.29) is 38.4 Å². The molecular formula is C28H48O2. The van der Waals surface area contributed by atoms with Gasteiger partial charge in [0.15, 0.2) is 0 Å². The Bertz CT molecular complexity index is 719. The van der Waals surface area contributed by atoms with Crippen molar-refractivity contribution in [2.75, 3.05) is 0 Å². The fourth-order valence-corrected chi connectivity index (χ4v) is 7.37. The van der Waals surface area contributed by atoms with Gasteiger partial charge in [0, 0.05) is 11.3 Å². The highest BCUT2D eigenvalue weighted by Gasteiger charge is 2.67. The molecule has 1 saturated carbocycles. The molecular weight excluding hydrogens is 368 g/mol. The van der Waals surface area contributed by atoms with Crippen LogP contribution in [0.1, 0.15) is 107 Å². The maximum atomic E-state index is 12.2. The molecule has 0 radical (unpaired) electrons. The van der Waals surface area contributed by atoms with Gasteiger partial charge in [-0.25, -0.2) is 0 Å². The zero-order chi connectivity index (χ0) is 23.6. The lowest BCUT2D eigenvalue weighted by atomic mass is 9.35. The summed E-state index contributed by atoms with van der Waals surface area (Å²) in [6.45, 7) is 28.0. The molecule has 2 N–H and O–H groups in total. The van der Waals surface area contributed by atoms with E-state index in [2.05, 4.69) is 83.1 Å². The third kappa shape index (κ3) is 3.61. The van der Waals surface area contributed by atoms with E-state index < -0.39 is 6.10 Å². The van der Waals surface area contributed by atoms with Crippen LogP contribution in [0.15, 0.2) is 24.3 Å². The van der Waals surface area contributed by atoms with E-state index in [9.17, 15) is 10.2 Å². The van der Waals surface area contributed by atoms with Crippen molar-refractivity contribution < 1.29 is 10.2 Å². The molecule has 1 aliphatic carbocycles. The number of rotatable bonds is 1. The lowest BCUT2D eigenvalue weighted by Gasteiger charge is -2.69. The lowest BCUT2D eigenvalue weighted by molar-refractivity contribution is -0.232. The van der Waals surface area contributed by atoms with E-state index >= 15 is 0 Å². The van der Waals surface area contributed by atoms with Gasteiger partial charge in [-0.15, -0.1) is 0 Å². The van der Waals surface area contributed by atoms with E-state index in [0.717, 1.165) is 18.4 Å². The van der Waals surface area contributed by atoms with Gasteiger partial charge in [-0.1, -0.05) is 101 Å². The topological polar surface area (TPSA) is 40.5 Å². The SMILES string of the molecule is CC(C)(C)C1(C(C)(C)C)CC(c2ccccc2O)C(O)C(C(C)(C)C)(C(C)(C)C)C1. The number of hydrogen-bond donors (Lipinski definition) is 2. The Morgan fingerprint density at radius 3 is 1.53 bits per heavy atom. The molecule has 0 amide bonds. The third-order valence-electron chi connectivity index (χ3n) is 8.92. The summed E-state index contributed by atoms with van der Waals surface area (Å²) in [5, 5.41) is 23.0. The second-order valence-electron chi connectivity index (χ2n) is 14.0. The quantitative estimate of drug-likeness (QED) is 0.490. The second-order valence-corrected chi connectivity index (χ2v) is 14.0. The van der Waals surface area contributed by atoms with Crippen molar-refractivity contribution in [1.29, 1.82) is 0 Å². The highest BCUT2D eigenvalue weighted by atomic mass is 16.3. The number of phenolic OH excluding ortho intramolecular Hbond substituents is 1. The van der Waals surface area contributed by atoms with Crippen LogP contribution in [0.2, 0.25) is 0 Å². The largest absolute Gasteiger partial charge is 0.508 e. The van der Waals surface area contributed by atoms with E-state index in [1.54, 1.807) is 6.07 Å². The van der Waals surface area contributed by atoms with Crippen molar-refractivity contribution in [3.63, 3.8) is 0 Å². The summed E-state index contributed by atoms with van der Waals surface area (Å²) in [4.78, 5) is 0. The summed E-state index contributed by atoms with van der Waals surface area (Å²) < 4.78 is 0.